The van der Waals surface area contributed by atoms with Crippen molar-refractivity contribution in [3.05, 3.63) is 29.3 Å². The summed E-state index contributed by atoms with van der Waals surface area (Å²) in [6, 6.07) is 7.47. The van der Waals surface area contributed by atoms with Gasteiger partial charge in [0.1, 0.15) is 0 Å². The molecule has 0 spiro atoms. The van der Waals surface area contributed by atoms with Crippen LogP contribution in [0.25, 0.3) is 0 Å². The third kappa shape index (κ3) is 3.10. The van der Waals surface area contributed by atoms with Gasteiger partial charge in [0.15, 0.2) is 0 Å². The highest BCUT2D eigenvalue weighted by molar-refractivity contribution is 5.56. The summed E-state index contributed by atoms with van der Waals surface area (Å²) in [4.78, 5) is 4.90. The van der Waals surface area contributed by atoms with Crippen LogP contribution in [0.15, 0.2) is 18.2 Å². The van der Waals surface area contributed by atoms with Crippen molar-refractivity contribution in [2.24, 2.45) is 5.92 Å². The Labute approximate surface area is 117 Å². The van der Waals surface area contributed by atoms with Crippen LogP contribution in [0.3, 0.4) is 0 Å². The molecule has 1 aliphatic rings. The highest BCUT2D eigenvalue weighted by Crippen LogP contribution is 2.29. The Balaban J connectivity index is 2.23. The van der Waals surface area contributed by atoms with Crippen LogP contribution in [-0.4, -0.2) is 45.2 Å². The molecule has 0 radical (unpaired) electrons. The zero-order valence-corrected chi connectivity index (χ0v) is 12.9. The van der Waals surface area contributed by atoms with E-state index in [4.69, 9.17) is 0 Å². The van der Waals surface area contributed by atoms with Crippen LogP contribution in [0.4, 0.5) is 5.69 Å². The van der Waals surface area contributed by atoms with Crippen molar-refractivity contribution in [2.45, 2.75) is 26.4 Å². The number of aryl methyl sites for hydroxylation is 1. The highest BCUT2D eigenvalue weighted by atomic mass is 15.2. The molecule has 3 heteroatoms. The number of rotatable bonds is 4. The molecule has 19 heavy (non-hydrogen) atoms. The molecule has 0 bridgehead atoms. The zero-order chi connectivity index (χ0) is 14.0. The third-order valence-electron chi connectivity index (χ3n) is 4.18. The molecule has 1 fully saturated rings. The summed E-state index contributed by atoms with van der Waals surface area (Å²) in [7, 11) is 6.39. The molecule has 2 rings (SSSR count). The average Bonchev–Trinajstić information content (AvgIpc) is 2.72. The van der Waals surface area contributed by atoms with Gasteiger partial charge in [-0.3, -0.25) is 0 Å². The normalized spacial score (nSPS) is 23.4. The number of hydrogen-bond acceptors (Lipinski definition) is 3. The lowest BCUT2D eigenvalue weighted by Crippen LogP contribution is -2.34. The quantitative estimate of drug-likeness (QED) is 0.895. The van der Waals surface area contributed by atoms with Crippen molar-refractivity contribution in [1.29, 1.82) is 0 Å². The second-order valence-electron chi connectivity index (χ2n) is 6.08. The van der Waals surface area contributed by atoms with E-state index in [-0.39, 0.29) is 0 Å². The molecule has 1 saturated heterocycles. The van der Waals surface area contributed by atoms with Crippen LogP contribution in [0, 0.1) is 12.8 Å². The molecule has 0 saturated carbocycles. The molecule has 0 aliphatic carbocycles. The lowest BCUT2D eigenvalue weighted by molar-refractivity contribution is 0.266. The minimum atomic E-state index is 0.656. The van der Waals surface area contributed by atoms with Crippen LogP contribution in [0.5, 0.6) is 0 Å². The minimum Gasteiger partial charge on any atom is -0.369 e. The summed E-state index contributed by atoms with van der Waals surface area (Å²) in [6.07, 6.45) is 0. The SMILES string of the molecule is CNCc1cc(C)ccc1N1CC(C)C(N(C)C)C1. The summed E-state index contributed by atoms with van der Waals surface area (Å²) in [5.74, 6) is 0.721. The van der Waals surface area contributed by atoms with Gasteiger partial charge in [0.05, 0.1) is 0 Å². The van der Waals surface area contributed by atoms with E-state index in [9.17, 15) is 0 Å². The molecule has 1 N–H and O–H groups in total. The molecule has 1 heterocycles. The third-order valence-corrected chi connectivity index (χ3v) is 4.18. The van der Waals surface area contributed by atoms with Gasteiger partial charge in [-0.15, -0.1) is 0 Å². The number of hydrogen-bond donors (Lipinski definition) is 1. The number of nitrogens with one attached hydrogen (secondary N) is 1. The molecule has 106 valence electrons. The summed E-state index contributed by atoms with van der Waals surface area (Å²) >= 11 is 0. The minimum absolute atomic E-state index is 0.656. The van der Waals surface area contributed by atoms with Crippen LogP contribution in [0.1, 0.15) is 18.1 Å². The van der Waals surface area contributed by atoms with E-state index in [0.717, 1.165) is 25.6 Å². The first-order valence-corrected chi connectivity index (χ1v) is 7.18. The smallest absolute Gasteiger partial charge is 0.0412 e. The molecule has 1 aliphatic heterocycles. The van der Waals surface area contributed by atoms with E-state index in [0.29, 0.717) is 6.04 Å². The maximum Gasteiger partial charge on any atom is 0.0412 e. The van der Waals surface area contributed by atoms with Crippen molar-refractivity contribution >= 4 is 5.69 Å². The molecule has 3 nitrogen and oxygen atoms in total. The van der Waals surface area contributed by atoms with Crippen molar-refractivity contribution in [1.82, 2.24) is 10.2 Å². The number of nitrogens with zero attached hydrogens (tertiary/aromatic N) is 2. The summed E-state index contributed by atoms with van der Waals surface area (Å²) in [5.41, 5.74) is 4.15. The first kappa shape index (κ1) is 14.4. The standard InChI is InChI=1S/C16H27N3/c1-12-6-7-15(14(8-12)9-17-3)19-10-13(2)16(11-19)18(4)5/h6-8,13,16-17H,9-11H2,1-5H3. The Morgan fingerprint density at radius 3 is 2.63 bits per heavy atom. The van der Waals surface area contributed by atoms with Gasteiger partial charge < -0.3 is 15.1 Å². The fraction of sp³-hybridized carbons (Fsp3) is 0.625. The Kier molecular flexibility index (Phi) is 4.48. The predicted molar refractivity (Wildman–Crippen MR) is 82.8 cm³/mol. The summed E-state index contributed by atoms with van der Waals surface area (Å²) in [6.45, 7) is 7.75. The second-order valence-corrected chi connectivity index (χ2v) is 6.08. The molecular weight excluding hydrogens is 234 g/mol. The van der Waals surface area contributed by atoms with Crippen molar-refractivity contribution < 1.29 is 0 Å². The van der Waals surface area contributed by atoms with Gasteiger partial charge in [0, 0.05) is 31.4 Å². The van der Waals surface area contributed by atoms with E-state index in [1.54, 1.807) is 0 Å². The number of anilines is 1. The van der Waals surface area contributed by atoms with E-state index in [1.807, 2.05) is 7.05 Å². The van der Waals surface area contributed by atoms with E-state index in [1.165, 1.54) is 16.8 Å². The first-order chi connectivity index (χ1) is 9.02. The molecule has 0 aromatic heterocycles. The zero-order valence-electron chi connectivity index (χ0n) is 12.9. The first-order valence-electron chi connectivity index (χ1n) is 7.18. The Bertz CT molecular complexity index is 428. The largest absolute Gasteiger partial charge is 0.369 e. The summed E-state index contributed by atoms with van der Waals surface area (Å²) in [5, 5.41) is 3.28. The number of benzene rings is 1. The fourth-order valence-electron chi connectivity index (χ4n) is 3.17. The van der Waals surface area contributed by atoms with Gasteiger partial charge in [-0.1, -0.05) is 24.6 Å². The molecule has 2 atom stereocenters. The maximum atomic E-state index is 3.28. The van der Waals surface area contributed by atoms with Crippen LogP contribution in [0.2, 0.25) is 0 Å². The highest BCUT2D eigenvalue weighted by Gasteiger charge is 2.31. The molecule has 2 unspecified atom stereocenters. The van der Waals surface area contributed by atoms with Crippen molar-refractivity contribution in [3.8, 4) is 0 Å². The van der Waals surface area contributed by atoms with Crippen molar-refractivity contribution in [2.75, 3.05) is 39.1 Å². The van der Waals surface area contributed by atoms with Gasteiger partial charge in [0.25, 0.3) is 0 Å². The van der Waals surface area contributed by atoms with Crippen LogP contribution >= 0.6 is 0 Å². The van der Waals surface area contributed by atoms with Crippen LogP contribution in [-0.2, 0) is 6.54 Å². The average molecular weight is 261 g/mol. The monoisotopic (exact) mass is 261 g/mol. The van der Waals surface area contributed by atoms with Crippen LogP contribution < -0.4 is 10.2 Å². The molecular formula is C16H27N3. The Morgan fingerprint density at radius 1 is 1.32 bits per heavy atom. The van der Waals surface area contributed by atoms with Gasteiger partial charge in [-0.25, -0.2) is 0 Å². The molecule has 1 aromatic rings. The van der Waals surface area contributed by atoms with Gasteiger partial charge in [-0.05, 0) is 45.6 Å². The summed E-state index contributed by atoms with van der Waals surface area (Å²) < 4.78 is 0. The lowest BCUT2D eigenvalue weighted by Gasteiger charge is -2.24. The fourth-order valence-corrected chi connectivity index (χ4v) is 3.17. The van der Waals surface area contributed by atoms with Gasteiger partial charge >= 0.3 is 0 Å². The molecule has 1 aromatic carbocycles. The maximum absolute atomic E-state index is 3.28. The second kappa shape index (κ2) is 5.93. The van der Waals surface area contributed by atoms with E-state index < -0.39 is 0 Å². The van der Waals surface area contributed by atoms with Crippen molar-refractivity contribution in [3.63, 3.8) is 0 Å². The Hall–Kier alpha value is -1.06. The number of likely N-dealkylation sites (N-methyl/N-ethyl adjacent to an activating group) is 1. The Morgan fingerprint density at radius 2 is 2.05 bits per heavy atom. The van der Waals surface area contributed by atoms with Gasteiger partial charge in [-0.2, -0.15) is 0 Å². The molecule has 0 amide bonds. The topological polar surface area (TPSA) is 18.5 Å². The lowest BCUT2D eigenvalue weighted by atomic mass is 10.1. The predicted octanol–water partition coefficient (Wildman–Crippen LogP) is 2.10. The van der Waals surface area contributed by atoms with Gasteiger partial charge in [0.2, 0.25) is 0 Å². The van der Waals surface area contributed by atoms with E-state index in [2.05, 4.69) is 61.3 Å². The van der Waals surface area contributed by atoms with E-state index >= 15 is 0 Å².